The van der Waals surface area contributed by atoms with Crippen molar-refractivity contribution in [1.29, 1.82) is 0 Å². The van der Waals surface area contributed by atoms with Crippen molar-refractivity contribution in [3.05, 3.63) is 35.9 Å². The summed E-state index contributed by atoms with van der Waals surface area (Å²) in [6.45, 7) is 3.38. The van der Waals surface area contributed by atoms with Gasteiger partial charge in [0, 0.05) is 6.92 Å². The summed E-state index contributed by atoms with van der Waals surface area (Å²) in [5.74, 6) is -0.103. The number of benzene rings is 1. The van der Waals surface area contributed by atoms with Gasteiger partial charge in [-0.2, -0.15) is 0 Å². The Morgan fingerprint density at radius 1 is 1.38 bits per heavy atom. The maximum atomic E-state index is 11.0. The van der Waals surface area contributed by atoms with E-state index in [9.17, 15) is 9.90 Å². The van der Waals surface area contributed by atoms with Gasteiger partial charge in [-0.05, 0) is 18.4 Å². The van der Waals surface area contributed by atoms with Gasteiger partial charge in [-0.15, -0.1) is 0 Å². The first-order valence-electron chi connectivity index (χ1n) is 5.62. The van der Waals surface area contributed by atoms with E-state index in [1.165, 1.54) is 6.92 Å². The number of carbonyl (C=O) groups is 1. The Labute approximate surface area is 96.5 Å². The number of hydrogen-bond acceptors (Lipinski definition) is 2. The van der Waals surface area contributed by atoms with Crippen molar-refractivity contribution in [2.45, 2.75) is 38.8 Å². The summed E-state index contributed by atoms with van der Waals surface area (Å²) in [6.07, 6.45) is 0.803. The Morgan fingerprint density at radius 2 is 2.00 bits per heavy atom. The Bertz CT molecular complexity index is 324. The maximum Gasteiger partial charge on any atom is 0.217 e. The molecule has 3 nitrogen and oxygen atoms in total. The summed E-state index contributed by atoms with van der Waals surface area (Å²) >= 11 is 0. The van der Waals surface area contributed by atoms with Gasteiger partial charge in [0.2, 0.25) is 5.91 Å². The fraction of sp³-hybridized carbons (Fsp3) is 0.462. The number of nitrogens with one attached hydrogen (secondary N) is 1. The van der Waals surface area contributed by atoms with Crippen LogP contribution in [0, 0.1) is 0 Å². The molecule has 0 bridgehead atoms. The molecular weight excluding hydrogens is 202 g/mol. The lowest BCUT2D eigenvalue weighted by molar-refractivity contribution is -0.120. The summed E-state index contributed by atoms with van der Waals surface area (Å²) in [7, 11) is 0. The molecule has 1 aromatic carbocycles. The van der Waals surface area contributed by atoms with Gasteiger partial charge in [-0.3, -0.25) is 4.79 Å². The van der Waals surface area contributed by atoms with E-state index in [0.29, 0.717) is 12.8 Å². The van der Waals surface area contributed by atoms with Gasteiger partial charge in [0.05, 0.1) is 12.1 Å². The molecule has 1 aromatic rings. The van der Waals surface area contributed by atoms with Crippen LogP contribution in [0.15, 0.2) is 30.3 Å². The lowest BCUT2D eigenvalue weighted by atomic mass is 10.00. The molecule has 0 radical (unpaired) electrons. The van der Waals surface area contributed by atoms with Crippen molar-refractivity contribution in [3.8, 4) is 0 Å². The smallest absolute Gasteiger partial charge is 0.217 e. The first kappa shape index (κ1) is 12.7. The lowest BCUT2D eigenvalue weighted by Crippen LogP contribution is -2.43. The molecular formula is C13H19NO2. The fourth-order valence-electron chi connectivity index (χ4n) is 1.70. The zero-order valence-corrected chi connectivity index (χ0v) is 9.81. The predicted molar refractivity (Wildman–Crippen MR) is 64.0 cm³/mol. The molecule has 2 atom stereocenters. The van der Waals surface area contributed by atoms with E-state index in [1.54, 1.807) is 0 Å². The zero-order chi connectivity index (χ0) is 12.0. The van der Waals surface area contributed by atoms with E-state index < -0.39 is 6.10 Å². The molecule has 0 saturated heterocycles. The molecule has 2 N–H and O–H groups in total. The summed E-state index contributed by atoms with van der Waals surface area (Å²) in [6, 6.07) is 9.66. The molecule has 1 rings (SSSR count). The van der Waals surface area contributed by atoms with Crippen LogP contribution in [-0.2, 0) is 11.2 Å². The van der Waals surface area contributed by atoms with Crippen molar-refractivity contribution in [2.75, 3.05) is 0 Å². The van der Waals surface area contributed by atoms with E-state index in [-0.39, 0.29) is 11.9 Å². The van der Waals surface area contributed by atoms with Gasteiger partial charge in [-0.25, -0.2) is 0 Å². The van der Waals surface area contributed by atoms with Crippen LogP contribution in [0.1, 0.15) is 25.8 Å². The van der Waals surface area contributed by atoms with Crippen LogP contribution in [0.5, 0.6) is 0 Å². The molecule has 0 saturated carbocycles. The van der Waals surface area contributed by atoms with Gasteiger partial charge < -0.3 is 10.4 Å². The quantitative estimate of drug-likeness (QED) is 0.791. The maximum absolute atomic E-state index is 11.0. The highest BCUT2D eigenvalue weighted by Crippen LogP contribution is 2.08. The van der Waals surface area contributed by atoms with E-state index in [2.05, 4.69) is 5.32 Å². The Balaban J connectivity index is 2.67. The number of aliphatic hydroxyl groups excluding tert-OH is 1. The molecule has 0 aliphatic carbocycles. The second kappa shape index (κ2) is 6.28. The van der Waals surface area contributed by atoms with Gasteiger partial charge in [0.25, 0.3) is 0 Å². The summed E-state index contributed by atoms with van der Waals surface area (Å²) < 4.78 is 0. The normalized spacial score (nSPS) is 14.2. The van der Waals surface area contributed by atoms with E-state index >= 15 is 0 Å². The van der Waals surface area contributed by atoms with Crippen LogP contribution in [0.4, 0.5) is 0 Å². The van der Waals surface area contributed by atoms with Crippen LogP contribution < -0.4 is 5.32 Å². The number of rotatable bonds is 5. The molecule has 0 aliphatic rings. The van der Waals surface area contributed by atoms with Gasteiger partial charge >= 0.3 is 0 Å². The van der Waals surface area contributed by atoms with Crippen molar-refractivity contribution in [2.24, 2.45) is 0 Å². The molecule has 0 aromatic heterocycles. The van der Waals surface area contributed by atoms with Gasteiger partial charge in [0.1, 0.15) is 0 Å². The highest BCUT2D eigenvalue weighted by atomic mass is 16.3. The van der Waals surface area contributed by atoms with E-state index in [4.69, 9.17) is 0 Å². The third-order valence-electron chi connectivity index (χ3n) is 2.57. The van der Waals surface area contributed by atoms with Gasteiger partial charge in [-0.1, -0.05) is 37.3 Å². The SMILES string of the molecule is CC[C@H](O)[C@H](Cc1ccccc1)NC(C)=O. The number of amides is 1. The van der Waals surface area contributed by atoms with E-state index in [0.717, 1.165) is 5.56 Å². The molecule has 0 unspecified atom stereocenters. The third kappa shape index (κ3) is 4.03. The standard InChI is InChI=1S/C13H19NO2/c1-3-13(16)12(14-10(2)15)9-11-7-5-4-6-8-11/h4-8,12-13,16H,3,9H2,1-2H3,(H,14,15)/t12-,13-/m0/s1. The first-order chi connectivity index (χ1) is 7.63. The predicted octanol–water partition coefficient (Wildman–Crippen LogP) is 1.50. The van der Waals surface area contributed by atoms with Crippen LogP contribution in [0.2, 0.25) is 0 Å². The highest BCUT2D eigenvalue weighted by Gasteiger charge is 2.18. The molecule has 88 valence electrons. The number of hydrogen-bond donors (Lipinski definition) is 2. The third-order valence-corrected chi connectivity index (χ3v) is 2.57. The van der Waals surface area contributed by atoms with Crippen LogP contribution >= 0.6 is 0 Å². The Hall–Kier alpha value is -1.35. The molecule has 0 aliphatic heterocycles. The molecule has 16 heavy (non-hydrogen) atoms. The summed E-state index contributed by atoms with van der Waals surface area (Å²) in [5.41, 5.74) is 1.12. The zero-order valence-electron chi connectivity index (χ0n) is 9.81. The highest BCUT2D eigenvalue weighted by molar-refractivity contribution is 5.73. The second-order valence-electron chi connectivity index (χ2n) is 3.97. The topological polar surface area (TPSA) is 49.3 Å². The van der Waals surface area contributed by atoms with Crippen molar-refractivity contribution in [3.63, 3.8) is 0 Å². The minimum Gasteiger partial charge on any atom is -0.391 e. The molecule has 0 fully saturated rings. The van der Waals surface area contributed by atoms with Crippen LogP contribution in [0.25, 0.3) is 0 Å². The number of carbonyl (C=O) groups excluding carboxylic acids is 1. The minimum absolute atomic E-state index is 0.103. The lowest BCUT2D eigenvalue weighted by Gasteiger charge is -2.22. The average molecular weight is 221 g/mol. The second-order valence-corrected chi connectivity index (χ2v) is 3.97. The van der Waals surface area contributed by atoms with E-state index in [1.807, 2.05) is 37.3 Å². The molecule has 0 heterocycles. The summed E-state index contributed by atoms with van der Waals surface area (Å²) in [5, 5.41) is 12.6. The first-order valence-corrected chi connectivity index (χ1v) is 5.62. The summed E-state index contributed by atoms with van der Waals surface area (Å²) in [4.78, 5) is 11.0. The Kier molecular flexibility index (Phi) is 4.99. The monoisotopic (exact) mass is 221 g/mol. The largest absolute Gasteiger partial charge is 0.391 e. The molecule has 1 amide bonds. The van der Waals surface area contributed by atoms with Crippen molar-refractivity contribution < 1.29 is 9.90 Å². The van der Waals surface area contributed by atoms with Crippen molar-refractivity contribution in [1.82, 2.24) is 5.32 Å². The van der Waals surface area contributed by atoms with Crippen LogP contribution in [0.3, 0.4) is 0 Å². The van der Waals surface area contributed by atoms with Gasteiger partial charge in [0.15, 0.2) is 0 Å². The molecule has 0 spiro atoms. The average Bonchev–Trinajstić information content (AvgIpc) is 2.28. The minimum atomic E-state index is -0.496. The van der Waals surface area contributed by atoms with Crippen molar-refractivity contribution >= 4 is 5.91 Å². The molecule has 3 heteroatoms. The fourth-order valence-corrected chi connectivity index (χ4v) is 1.70. The number of aliphatic hydroxyl groups is 1. The van der Waals surface area contributed by atoms with Crippen LogP contribution in [-0.4, -0.2) is 23.2 Å². The Morgan fingerprint density at radius 3 is 2.50 bits per heavy atom.